The van der Waals surface area contributed by atoms with Crippen LogP contribution < -0.4 is 5.73 Å². The Morgan fingerprint density at radius 2 is 1.65 bits per heavy atom. The maximum absolute atomic E-state index is 13.0. The molecule has 1 heterocycles. The Kier molecular flexibility index (Phi) is 6.82. The van der Waals surface area contributed by atoms with E-state index in [4.69, 9.17) is 5.73 Å². The van der Waals surface area contributed by atoms with Crippen LogP contribution >= 0.6 is 12.4 Å². The fraction of sp³-hybridized carbons (Fsp3) is 0.368. The molecule has 0 radical (unpaired) electrons. The number of rotatable bonds is 5. The molecule has 1 aliphatic heterocycles. The van der Waals surface area contributed by atoms with Gasteiger partial charge in [0, 0.05) is 31.6 Å². The third kappa shape index (κ3) is 4.45. The largest absolute Gasteiger partial charge is 0.326 e. The van der Waals surface area contributed by atoms with Gasteiger partial charge in [0.1, 0.15) is 0 Å². The van der Waals surface area contributed by atoms with Crippen molar-refractivity contribution in [3.05, 3.63) is 65.7 Å². The second-order valence-corrected chi connectivity index (χ2v) is 8.82. The Hall–Kier alpha value is -1.44. The van der Waals surface area contributed by atoms with Crippen molar-refractivity contribution in [2.75, 3.05) is 27.2 Å². The van der Waals surface area contributed by atoms with Gasteiger partial charge in [0.15, 0.2) is 0 Å². The Morgan fingerprint density at radius 1 is 1.04 bits per heavy atom. The molecule has 1 fully saturated rings. The van der Waals surface area contributed by atoms with E-state index in [0.29, 0.717) is 18.0 Å². The fourth-order valence-electron chi connectivity index (χ4n) is 3.32. The van der Waals surface area contributed by atoms with Crippen molar-refractivity contribution in [1.82, 2.24) is 9.21 Å². The molecule has 0 spiro atoms. The van der Waals surface area contributed by atoms with Gasteiger partial charge in [-0.3, -0.25) is 0 Å². The summed E-state index contributed by atoms with van der Waals surface area (Å²) in [6.07, 6.45) is 0. The summed E-state index contributed by atoms with van der Waals surface area (Å²) in [6.45, 7) is 1.55. The van der Waals surface area contributed by atoms with Crippen molar-refractivity contribution in [3.8, 4) is 0 Å². The lowest BCUT2D eigenvalue weighted by Gasteiger charge is -2.17. The van der Waals surface area contributed by atoms with Crippen molar-refractivity contribution >= 4 is 22.4 Å². The third-order valence-corrected chi connectivity index (χ3v) is 6.47. The molecule has 0 unspecified atom stereocenters. The first-order valence-electron chi connectivity index (χ1n) is 8.42. The minimum absolute atomic E-state index is 0. The number of nitrogens with zero attached hydrogens (tertiary/aromatic N) is 2. The first-order chi connectivity index (χ1) is 11.9. The highest BCUT2D eigenvalue weighted by atomic mass is 35.5. The zero-order valence-corrected chi connectivity index (χ0v) is 16.7. The number of nitrogens with two attached hydrogens (primary N) is 1. The summed E-state index contributed by atoms with van der Waals surface area (Å²) in [5.41, 5.74) is 8.42. The molecular formula is C19H26ClN3O2S. The average Bonchev–Trinajstić information content (AvgIpc) is 2.98. The van der Waals surface area contributed by atoms with Gasteiger partial charge < -0.3 is 10.6 Å². The average molecular weight is 396 g/mol. The second kappa shape index (κ2) is 8.50. The molecular weight excluding hydrogens is 370 g/mol. The lowest BCUT2D eigenvalue weighted by molar-refractivity contribution is 0.402. The fourth-order valence-corrected chi connectivity index (χ4v) is 4.83. The number of halogens is 1. The summed E-state index contributed by atoms with van der Waals surface area (Å²) in [4.78, 5) is 2.38. The molecule has 26 heavy (non-hydrogen) atoms. The number of hydrogen-bond acceptors (Lipinski definition) is 4. The van der Waals surface area contributed by atoms with Crippen LogP contribution in [-0.4, -0.2) is 50.8 Å². The summed E-state index contributed by atoms with van der Waals surface area (Å²) in [7, 11) is 0.454. The van der Waals surface area contributed by atoms with Gasteiger partial charge in [-0.25, -0.2) is 8.42 Å². The quantitative estimate of drug-likeness (QED) is 0.843. The van der Waals surface area contributed by atoms with Crippen LogP contribution in [0.1, 0.15) is 17.0 Å². The topological polar surface area (TPSA) is 66.6 Å². The standard InChI is InChI=1S/C19H25N3O2S.ClH/c1-21(2)12-15-8-10-17(11-9-15)25(23,24)22-13-18(19(20)14-22)16-6-4-3-5-7-16;/h3-11,18-19H,12-14,20H2,1-2H3;1H/t18-,19+;/m0./s1. The number of benzene rings is 2. The Labute approximate surface area is 162 Å². The van der Waals surface area contributed by atoms with Gasteiger partial charge >= 0.3 is 0 Å². The highest BCUT2D eigenvalue weighted by Gasteiger charge is 2.38. The van der Waals surface area contributed by atoms with Crippen LogP contribution in [0.25, 0.3) is 0 Å². The van der Waals surface area contributed by atoms with E-state index < -0.39 is 10.0 Å². The summed E-state index contributed by atoms with van der Waals surface area (Å²) >= 11 is 0. The summed E-state index contributed by atoms with van der Waals surface area (Å²) in [6, 6.07) is 16.8. The summed E-state index contributed by atoms with van der Waals surface area (Å²) in [5.74, 6) is 0.0315. The van der Waals surface area contributed by atoms with E-state index in [1.165, 1.54) is 4.31 Å². The molecule has 2 aromatic carbocycles. The van der Waals surface area contributed by atoms with E-state index in [1.807, 2.05) is 61.5 Å². The van der Waals surface area contributed by atoms with E-state index in [-0.39, 0.29) is 24.4 Å². The molecule has 0 saturated carbocycles. The van der Waals surface area contributed by atoms with Crippen LogP contribution in [0.5, 0.6) is 0 Å². The van der Waals surface area contributed by atoms with Crippen LogP contribution in [-0.2, 0) is 16.6 Å². The molecule has 1 saturated heterocycles. The molecule has 142 valence electrons. The highest BCUT2D eigenvalue weighted by Crippen LogP contribution is 2.30. The molecule has 2 aromatic rings. The zero-order chi connectivity index (χ0) is 18.0. The van der Waals surface area contributed by atoms with E-state index in [0.717, 1.165) is 17.7 Å². The molecule has 2 N–H and O–H groups in total. The molecule has 0 bridgehead atoms. The van der Waals surface area contributed by atoms with E-state index in [2.05, 4.69) is 0 Å². The van der Waals surface area contributed by atoms with Crippen LogP contribution in [0.3, 0.4) is 0 Å². The summed E-state index contributed by atoms with van der Waals surface area (Å²) < 4.78 is 27.4. The van der Waals surface area contributed by atoms with Gasteiger partial charge in [-0.1, -0.05) is 42.5 Å². The van der Waals surface area contributed by atoms with Crippen LogP contribution in [0.15, 0.2) is 59.5 Å². The van der Waals surface area contributed by atoms with E-state index in [9.17, 15) is 8.42 Å². The van der Waals surface area contributed by atoms with Crippen LogP contribution in [0, 0.1) is 0 Å². The smallest absolute Gasteiger partial charge is 0.243 e. The third-order valence-electron chi connectivity index (χ3n) is 4.62. The predicted octanol–water partition coefficient (Wildman–Crippen LogP) is 2.29. The van der Waals surface area contributed by atoms with Crippen molar-refractivity contribution in [3.63, 3.8) is 0 Å². The molecule has 7 heteroatoms. The predicted molar refractivity (Wildman–Crippen MR) is 107 cm³/mol. The van der Waals surface area contributed by atoms with E-state index in [1.54, 1.807) is 12.1 Å². The Balaban J connectivity index is 0.00000243. The van der Waals surface area contributed by atoms with Gasteiger partial charge in [0.25, 0.3) is 0 Å². The van der Waals surface area contributed by atoms with Gasteiger partial charge in [-0.2, -0.15) is 4.31 Å². The Bertz CT molecular complexity index is 810. The lowest BCUT2D eigenvalue weighted by Crippen LogP contribution is -2.32. The zero-order valence-electron chi connectivity index (χ0n) is 15.1. The monoisotopic (exact) mass is 395 g/mol. The van der Waals surface area contributed by atoms with Crippen molar-refractivity contribution in [1.29, 1.82) is 0 Å². The van der Waals surface area contributed by atoms with Crippen LogP contribution in [0.4, 0.5) is 0 Å². The van der Waals surface area contributed by atoms with E-state index >= 15 is 0 Å². The molecule has 0 amide bonds. The highest BCUT2D eigenvalue weighted by molar-refractivity contribution is 7.89. The number of hydrogen-bond donors (Lipinski definition) is 1. The van der Waals surface area contributed by atoms with Gasteiger partial charge in [0.2, 0.25) is 10.0 Å². The lowest BCUT2D eigenvalue weighted by atomic mass is 9.95. The molecule has 3 rings (SSSR count). The van der Waals surface area contributed by atoms with Gasteiger partial charge in [-0.15, -0.1) is 12.4 Å². The minimum atomic E-state index is -3.52. The van der Waals surface area contributed by atoms with Crippen molar-refractivity contribution in [2.24, 2.45) is 5.73 Å². The van der Waals surface area contributed by atoms with Crippen molar-refractivity contribution in [2.45, 2.75) is 23.4 Å². The van der Waals surface area contributed by atoms with Crippen LogP contribution in [0.2, 0.25) is 0 Å². The minimum Gasteiger partial charge on any atom is -0.326 e. The molecule has 2 atom stereocenters. The molecule has 0 aromatic heterocycles. The summed E-state index contributed by atoms with van der Waals surface area (Å²) in [5, 5.41) is 0. The first kappa shape index (κ1) is 20.9. The maximum Gasteiger partial charge on any atom is 0.243 e. The first-order valence-corrected chi connectivity index (χ1v) is 9.86. The molecule has 5 nitrogen and oxygen atoms in total. The maximum atomic E-state index is 13.0. The molecule has 1 aliphatic rings. The Morgan fingerprint density at radius 3 is 2.23 bits per heavy atom. The normalized spacial score (nSPS) is 20.9. The second-order valence-electron chi connectivity index (χ2n) is 6.88. The van der Waals surface area contributed by atoms with Gasteiger partial charge in [-0.05, 0) is 37.4 Å². The van der Waals surface area contributed by atoms with Gasteiger partial charge in [0.05, 0.1) is 4.90 Å². The van der Waals surface area contributed by atoms with Crippen molar-refractivity contribution < 1.29 is 8.42 Å². The SMILES string of the molecule is CN(C)Cc1ccc(S(=O)(=O)N2C[C@@H](N)[C@H](c3ccccc3)C2)cc1.Cl. The number of sulfonamides is 1. The molecule has 0 aliphatic carbocycles.